The van der Waals surface area contributed by atoms with Crippen LogP contribution in [0, 0.1) is 11.3 Å². The maximum atomic E-state index is 11.8. The van der Waals surface area contributed by atoms with Gasteiger partial charge in [0.1, 0.15) is 5.78 Å². The standard InChI is InChI=1S/C12H18O/c1-9-6-7-12(2)10(8-9)4-3-5-11(12)13/h6,10H,3-5,7-8H2,1-2H3/t10-,12+/m1/s1. The first-order chi connectivity index (χ1) is 6.13. The minimum atomic E-state index is -0.00222. The van der Waals surface area contributed by atoms with Crippen molar-refractivity contribution in [2.75, 3.05) is 0 Å². The monoisotopic (exact) mass is 178 g/mol. The van der Waals surface area contributed by atoms with Gasteiger partial charge in [0.25, 0.3) is 0 Å². The first-order valence-electron chi connectivity index (χ1n) is 5.32. The third kappa shape index (κ3) is 1.34. The number of hydrogen-bond donors (Lipinski definition) is 0. The molecule has 13 heavy (non-hydrogen) atoms. The molecule has 0 aromatic rings. The van der Waals surface area contributed by atoms with Gasteiger partial charge >= 0.3 is 0 Å². The van der Waals surface area contributed by atoms with E-state index < -0.39 is 0 Å². The van der Waals surface area contributed by atoms with E-state index in [1.807, 2.05) is 0 Å². The van der Waals surface area contributed by atoms with Crippen molar-refractivity contribution in [2.45, 2.75) is 46.0 Å². The van der Waals surface area contributed by atoms with E-state index in [-0.39, 0.29) is 5.41 Å². The Balaban J connectivity index is 2.28. The molecule has 1 saturated carbocycles. The highest BCUT2D eigenvalue weighted by atomic mass is 16.1. The van der Waals surface area contributed by atoms with Gasteiger partial charge in [-0.1, -0.05) is 18.6 Å². The van der Waals surface area contributed by atoms with E-state index in [1.54, 1.807) is 0 Å². The van der Waals surface area contributed by atoms with Gasteiger partial charge in [-0.2, -0.15) is 0 Å². The Hall–Kier alpha value is -0.590. The summed E-state index contributed by atoms with van der Waals surface area (Å²) in [5.74, 6) is 1.14. The molecule has 2 atom stereocenters. The van der Waals surface area contributed by atoms with Gasteiger partial charge in [-0.05, 0) is 38.5 Å². The molecule has 0 aromatic carbocycles. The van der Waals surface area contributed by atoms with Crippen molar-refractivity contribution >= 4 is 5.78 Å². The lowest BCUT2D eigenvalue weighted by Crippen LogP contribution is -2.40. The van der Waals surface area contributed by atoms with Crippen molar-refractivity contribution in [2.24, 2.45) is 11.3 Å². The number of ketones is 1. The van der Waals surface area contributed by atoms with E-state index in [0.29, 0.717) is 11.7 Å². The Kier molecular flexibility index (Phi) is 2.05. The minimum absolute atomic E-state index is 0.00222. The van der Waals surface area contributed by atoms with Gasteiger partial charge in [-0.15, -0.1) is 0 Å². The maximum Gasteiger partial charge on any atom is 0.139 e. The van der Waals surface area contributed by atoms with Crippen LogP contribution in [0.15, 0.2) is 11.6 Å². The highest BCUT2D eigenvalue weighted by molar-refractivity contribution is 5.86. The van der Waals surface area contributed by atoms with Crippen LogP contribution in [0.25, 0.3) is 0 Å². The molecular formula is C12H18O. The van der Waals surface area contributed by atoms with Gasteiger partial charge in [0.15, 0.2) is 0 Å². The number of Topliss-reactive ketones (excluding diaryl/α,β-unsaturated/α-hetero) is 1. The van der Waals surface area contributed by atoms with Crippen molar-refractivity contribution in [1.82, 2.24) is 0 Å². The number of carbonyl (C=O) groups excluding carboxylic acids is 1. The second-order valence-corrected chi connectivity index (χ2v) is 4.89. The Morgan fingerprint density at radius 2 is 2.31 bits per heavy atom. The fraction of sp³-hybridized carbons (Fsp3) is 0.750. The van der Waals surface area contributed by atoms with Crippen LogP contribution in [0.3, 0.4) is 0 Å². The summed E-state index contributed by atoms with van der Waals surface area (Å²) in [4.78, 5) is 11.8. The van der Waals surface area contributed by atoms with Gasteiger partial charge in [0.05, 0.1) is 0 Å². The van der Waals surface area contributed by atoms with Gasteiger partial charge < -0.3 is 0 Å². The summed E-state index contributed by atoms with van der Waals surface area (Å²) < 4.78 is 0. The van der Waals surface area contributed by atoms with Crippen LogP contribution in [-0.4, -0.2) is 5.78 Å². The summed E-state index contributed by atoms with van der Waals surface area (Å²) in [5.41, 5.74) is 1.48. The van der Waals surface area contributed by atoms with E-state index in [0.717, 1.165) is 25.7 Å². The predicted molar refractivity (Wildman–Crippen MR) is 53.4 cm³/mol. The molecule has 0 N–H and O–H groups in total. The van der Waals surface area contributed by atoms with Crippen LogP contribution < -0.4 is 0 Å². The molecule has 0 radical (unpaired) electrons. The lowest BCUT2D eigenvalue weighted by atomic mass is 9.60. The number of carbonyl (C=O) groups is 1. The number of hydrogen-bond acceptors (Lipinski definition) is 1. The Labute approximate surface area is 80.2 Å². The fourth-order valence-electron chi connectivity index (χ4n) is 2.81. The third-order valence-electron chi connectivity index (χ3n) is 3.94. The maximum absolute atomic E-state index is 11.8. The second-order valence-electron chi connectivity index (χ2n) is 4.89. The summed E-state index contributed by atoms with van der Waals surface area (Å²) >= 11 is 0. The molecule has 0 bridgehead atoms. The normalized spacial score (nSPS) is 39.7. The largest absolute Gasteiger partial charge is 0.299 e. The Bertz CT molecular complexity index is 264. The average Bonchev–Trinajstić information content (AvgIpc) is 2.09. The van der Waals surface area contributed by atoms with Crippen LogP contribution in [-0.2, 0) is 4.79 Å². The first-order valence-corrected chi connectivity index (χ1v) is 5.32. The summed E-state index contributed by atoms with van der Waals surface area (Å²) in [6, 6.07) is 0. The van der Waals surface area contributed by atoms with E-state index in [9.17, 15) is 4.79 Å². The summed E-state index contributed by atoms with van der Waals surface area (Å²) in [6.07, 6.45) is 7.60. The Morgan fingerprint density at radius 1 is 1.54 bits per heavy atom. The molecule has 0 amide bonds. The molecule has 0 spiro atoms. The van der Waals surface area contributed by atoms with E-state index in [1.165, 1.54) is 12.0 Å². The van der Waals surface area contributed by atoms with Crippen molar-refractivity contribution in [1.29, 1.82) is 0 Å². The van der Waals surface area contributed by atoms with Gasteiger partial charge in [0.2, 0.25) is 0 Å². The molecule has 2 rings (SSSR count). The van der Waals surface area contributed by atoms with Crippen molar-refractivity contribution in [3.8, 4) is 0 Å². The molecular weight excluding hydrogens is 160 g/mol. The van der Waals surface area contributed by atoms with Gasteiger partial charge in [-0.3, -0.25) is 4.79 Å². The molecule has 0 aromatic heterocycles. The third-order valence-corrected chi connectivity index (χ3v) is 3.94. The molecule has 1 nitrogen and oxygen atoms in total. The molecule has 0 saturated heterocycles. The quantitative estimate of drug-likeness (QED) is 0.521. The molecule has 1 fully saturated rings. The number of rotatable bonds is 0. The highest BCUT2D eigenvalue weighted by Gasteiger charge is 2.43. The molecule has 0 aliphatic heterocycles. The van der Waals surface area contributed by atoms with Crippen LogP contribution in [0.4, 0.5) is 0 Å². The van der Waals surface area contributed by atoms with Crippen molar-refractivity contribution in [3.63, 3.8) is 0 Å². The zero-order chi connectivity index (χ0) is 9.47. The Morgan fingerprint density at radius 3 is 3.08 bits per heavy atom. The van der Waals surface area contributed by atoms with Crippen LogP contribution in [0.5, 0.6) is 0 Å². The van der Waals surface area contributed by atoms with Crippen LogP contribution >= 0.6 is 0 Å². The van der Waals surface area contributed by atoms with Crippen molar-refractivity contribution in [3.05, 3.63) is 11.6 Å². The van der Waals surface area contributed by atoms with E-state index >= 15 is 0 Å². The first kappa shape index (κ1) is 8.98. The van der Waals surface area contributed by atoms with Gasteiger partial charge in [-0.25, -0.2) is 0 Å². The predicted octanol–water partition coefficient (Wildman–Crippen LogP) is 3.10. The second kappa shape index (κ2) is 2.97. The summed E-state index contributed by atoms with van der Waals surface area (Å²) in [6.45, 7) is 4.36. The zero-order valence-electron chi connectivity index (χ0n) is 8.60. The summed E-state index contributed by atoms with van der Waals surface area (Å²) in [5, 5.41) is 0. The SMILES string of the molecule is CC1=CC[C@]2(C)C(=O)CCC[C@@H]2C1. The van der Waals surface area contributed by atoms with E-state index in [2.05, 4.69) is 19.9 Å². The molecule has 72 valence electrons. The molecule has 2 aliphatic carbocycles. The smallest absolute Gasteiger partial charge is 0.139 e. The lowest BCUT2D eigenvalue weighted by Gasteiger charge is -2.42. The number of allylic oxidation sites excluding steroid dienone is 2. The lowest BCUT2D eigenvalue weighted by molar-refractivity contribution is -0.134. The topological polar surface area (TPSA) is 17.1 Å². The van der Waals surface area contributed by atoms with E-state index in [4.69, 9.17) is 0 Å². The molecule has 1 heteroatoms. The van der Waals surface area contributed by atoms with Crippen LogP contribution in [0.1, 0.15) is 46.0 Å². The van der Waals surface area contributed by atoms with Crippen LogP contribution in [0.2, 0.25) is 0 Å². The molecule has 0 heterocycles. The summed E-state index contributed by atoms with van der Waals surface area (Å²) in [7, 11) is 0. The number of fused-ring (bicyclic) bond motifs is 1. The molecule has 0 unspecified atom stereocenters. The minimum Gasteiger partial charge on any atom is -0.299 e. The highest BCUT2D eigenvalue weighted by Crippen LogP contribution is 2.47. The molecule has 2 aliphatic rings. The zero-order valence-corrected chi connectivity index (χ0v) is 8.60. The van der Waals surface area contributed by atoms with Gasteiger partial charge in [0, 0.05) is 11.8 Å². The fourth-order valence-corrected chi connectivity index (χ4v) is 2.81. The average molecular weight is 178 g/mol. The van der Waals surface area contributed by atoms with Crippen molar-refractivity contribution < 1.29 is 4.79 Å².